The van der Waals surface area contributed by atoms with Crippen LogP contribution in [0, 0.1) is 12.7 Å². The van der Waals surface area contributed by atoms with E-state index in [1.54, 1.807) is 19.1 Å². The van der Waals surface area contributed by atoms with Crippen LogP contribution in [0.4, 0.5) is 28.0 Å². The molecule has 0 spiro atoms. The first kappa shape index (κ1) is 18.7. The molecule has 0 aromatic heterocycles. The highest BCUT2D eigenvalue weighted by atomic mass is 35.5. The first-order valence-electron chi connectivity index (χ1n) is 6.74. The molecule has 0 aliphatic carbocycles. The normalized spacial score (nSPS) is 11.1. The van der Waals surface area contributed by atoms with Gasteiger partial charge in [0.05, 0.1) is 10.7 Å². The summed E-state index contributed by atoms with van der Waals surface area (Å²) < 4.78 is 53.4. The predicted molar refractivity (Wildman–Crippen MR) is 82.7 cm³/mol. The van der Waals surface area contributed by atoms with Crippen LogP contribution in [0.25, 0.3) is 11.1 Å². The van der Waals surface area contributed by atoms with Gasteiger partial charge in [-0.2, -0.15) is 13.2 Å². The Morgan fingerprint density at radius 2 is 1.80 bits per heavy atom. The molecule has 0 radical (unpaired) electrons. The Balaban J connectivity index is 2.31. The standard InChI is InChI=1S/C16H10ClF4NO3/c1-8-2-4-10(9-3-5-12(18)11(17)7-9)13(6-8)22-15(24)25-14(23)16(19,20)21/h2-7H,1H3,(H,22,24). The number of alkyl halides is 3. The molecule has 2 aromatic rings. The molecule has 0 fully saturated rings. The Labute approximate surface area is 144 Å². The molecular formula is C16H10ClF4NO3. The maximum Gasteiger partial charge on any atom is 0.491 e. The Morgan fingerprint density at radius 3 is 2.40 bits per heavy atom. The van der Waals surface area contributed by atoms with Gasteiger partial charge < -0.3 is 4.74 Å². The van der Waals surface area contributed by atoms with E-state index in [9.17, 15) is 27.2 Å². The number of anilines is 1. The fourth-order valence-corrected chi connectivity index (χ4v) is 2.13. The first-order chi connectivity index (χ1) is 11.6. The lowest BCUT2D eigenvalue weighted by molar-refractivity contribution is -0.192. The van der Waals surface area contributed by atoms with Gasteiger partial charge in [0.15, 0.2) is 0 Å². The van der Waals surface area contributed by atoms with Crippen molar-refractivity contribution in [3.63, 3.8) is 0 Å². The van der Waals surface area contributed by atoms with Crippen LogP contribution in [-0.2, 0) is 9.53 Å². The van der Waals surface area contributed by atoms with Crippen molar-refractivity contribution in [3.8, 4) is 11.1 Å². The molecule has 1 N–H and O–H groups in total. The van der Waals surface area contributed by atoms with Crippen LogP contribution in [0.5, 0.6) is 0 Å². The number of carbonyl (C=O) groups is 2. The molecule has 25 heavy (non-hydrogen) atoms. The third kappa shape index (κ3) is 4.69. The molecular weight excluding hydrogens is 366 g/mol. The van der Waals surface area contributed by atoms with Crippen molar-refractivity contribution in [1.29, 1.82) is 0 Å². The number of nitrogens with one attached hydrogen (secondary N) is 1. The highest BCUT2D eigenvalue weighted by molar-refractivity contribution is 6.31. The largest absolute Gasteiger partial charge is 0.491 e. The van der Waals surface area contributed by atoms with Crippen molar-refractivity contribution < 1.29 is 31.9 Å². The van der Waals surface area contributed by atoms with Crippen molar-refractivity contribution in [2.45, 2.75) is 13.1 Å². The quantitative estimate of drug-likeness (QED) is 0.452. The molecule has 2 rings (SSSR count). The Morgan fingerprint density at radius 1 is 1.12 bits per heavy atom. The predicted octanol–water partition coefficient (Wildman–Crippen LogP) is 5.09. The van der Waals surface area contributed by atoms with E-state index >= 15 is 0 Å². The fourth-order valence-electron chi connectivity index (χ4n) is 1.95. The van der Waals surface area contributed by atoms with E-state index in [2.05, 4.69) is 10.1 Å². The number of carbonyl (C=O) groups excluding carboxylic acids is 2. The van der Waals surface area contributed by atoms with Crippen LogP contribution in [-0.4, -0.2) is 18.2 Å². The lowest BCUT2D eigenvalue weighted by Gasteiger charge is -2.13. The van der Waals surface area contributed by atoms with Gasteiger partial charge in [0.1, 0.15) is 5.82 Å². The molecule has 0 aliphatic rings. The van der Waals surface area contributed by atoms with E-state index in [1.165, 1.54) is 18.2 Å². The highest BCUT2D eigenvalue weighted by Gasteiger charge is 2.42. The number of hydrogen-bond acceptors (Lipinski definition) is 3. The van der Waals surface area contributed by atoms with Crippen LogP contribution in [0.15, 0.2) is 36.4 Å². The molecule has 0 heterocycles. The third-order valence-electron chi connectivity index (χ3n) is 3.06. The zero-order chi connectivity index (χ0) is 18.8. The Bertz CT molecular complexity index is 837. The lowest BCUT2D eigenvalue weighted by atomic mass is 10.0. The molecule has 132 valence electrons. The third-order valence-corrected chi connectivity index (χ3v) is 3.35. The van der Waals surface area contributed by atoms with Gasteiger partial charge >= 0.3 is 18.2 Å². The minimum Gasteiger partial charge on any atom is -0.369 e. The van der Waals surface area contributed by atoms with Crippen molar-refractivity contribution in [2.75, 3.05) is 5.32 Å². The van der Waals surface area contributed by atoms with Crippen molar-refractivity contribution in [3.05, 3.63) is 52.8 Å². The second-order valence-electron chi connectivity index (χ2n) is 4.98. The summed E-state index contributed by atoms with van der Waals surface area (Å²) in [4.78, 5) is 22.2. The van der Waals surface area contributed by atoms with Gasteiger partial charge in [0.25, 0.3) is 0 Å². The maximum atomic E-state index is 13.3. The Kier molecular flexibility index (Phi) is 5.32. The highest BCUT2D eigenvalue weighted by Crippen LogP contribution is 2.32. The second kappa shape index (κ2) is 7.10. The van der Waals surface area contributed by atoms with Gasteiger partial charge in [-0.25, -0.2) is 14.0 Å². The number of ether oxygens (including phenoxy) is 1. The Hall–Kier alpha value is -2.61. The van der Waals surface area contributed by atoms with Gasteiger partial charge in [0, 0.05) is 5.56 Å². The summed E-state index contributed by atoms with van der Waals surface area (Å²) in [6.07, 6.45) is -6.89. The molecule has 9 heteroatoms. The van der Waals surface area contributed by atoms with Crippen LogP contribution in [0.3, 0.4) is 0 Å². The van der Waals surface area contributed by atoms with Gasteiger partial charge in [-0.05, 0) is 36.2 Å². The number of rotatable bonds is 2. The molecule has 0 saturated heterocycles. The number of halogens is 5. The fraction of sp³-hybridized carbons (Fsp3) is 0.125. The smallest absolute Gasteiger partial charge is 0.369 e. The topological polar surface area (TPSA) is 55.4 Å². The first-order valence-corrected chi connectivity index (χ1v) is 7.12. The van der Waals surface area contributed by atoms with E-state index in [-0.39, 0.29) is 10.7 Å². The summed E-state index contributed by atoms with van der Waals surface area (Å²) in [6.45, 7) is 1.68. The van der Waals surface area contributed by atoms with Crippen LogP contribution >= 0.6 is 11.6 Å². The number of esters is 1. The SMILES string of the molecule is Cc1ccc(-c2ccc(F)c(Cl)c2)c(NC(=O)OC(=O)C(F)(F)F)c1. The summed E-state index contributed by atoms with van der Waals surface area (Å²) in [5.41, 5.74) is 1.50. The number of hydrogen-bond donors (Lipinski definition) is 1. The van der Waals surface area contributed by atoms with Gasteiger partial charge in [-0.1, -0.05) is 29.8 Å². The molecule has 0 saturated carbocycles. The molecule has 2 aromatic carbocycles. The van der Waals surface area contributed by atoms with Crippen molar-refractivity contribution in [1.82, 2.24) is 0 Å². The molecule has 4 nitrogen and oxygen atoms in total. The minimum absolute atomic E-state index is 0.0719. The zero-order valence-corrected chi connectivity index (χ0v) is 13.3. The van der Waals surface area contributed by atoms with Crippen LogP contribution in [0.2, 0.25) is 5.02 Å². The molecule has 0 aliphatic heterocycles. The lowest BCUT2D eigenvalue weighted by Crippen LogP contribution is -2.30. The molecule has 1 amide bonds. The van der Waals surface area contributed by atoms with Crippen LogP contribution in [0.1, 0.15) is 5.56 Å². The van der Waals surface area contributed by atoms with E-state index in [0.717, 1.165) is 6.07 Å². The zero-order valence-electron chi connectivity index (χ0n) is 12.6. The van der Waals surface area contributed by atoms with E-state index < -0.39 is 24.1 Å². The van der Waals surface area contributed by atoms with Crippen LogP contribution < -0.4 is 5.32 Å². The second-order valence-corrected chi connectivity index (χ2v) is 5.38. The number of amides is 1. The van der Waals surface area contributed by atoms with Crippen molar-refractivity contribution >= 4 is 29.4 Å². The molecule has 0 atom stereocenters. The van der Waals surface area contributed by atoms with Gasteiger partial charge in [-0.3, -0.25) is 5.32 Å². The summed E-state index contributed by atoms with van der Waals surface area (Å²) in [5.74, 6) is -3.29. The monoisotopic (exact) mass is 375 g/mol. The van der Waals surface area contributed by atoms with Gasteiger partial charge in [-0.15, -0.1) is 0 Å². The molecule has 0 unspecified atom stereocenters. The number of aryl methyl sites for hydroxylation is 1. The van der Waals surface area contributed by atoms with Crippen molar-refractivity contribution in [2.24, 2.45) is 0 Å². The number of benzene rings is 2. The summed E-state index contributed by atoms with van der Waals surface area (Å²) in [6, 6.07) is 8.45. The maximum absolute atomic E-state index is 13.3. The average molecular weight is 376 g/mol. The minimum atomic E-state index is -5.29. The summed E-state index contributed by atoms with van der Waals surface area (Å²) in [7, 11) is 0. The van der Waals surface area contributed by atoms with E-state index in [0.29, 0.717) is 16.7 Å². The van der Waals surface area contributed by atoms with Gasteiger partial charge in [0.2, 0.25) is 0 Å². The average Bonchev–Trinajstić information content (AvgIpc) is 2.49. The summed E-state index contributed by atoms with van der Waals surface area (Å²) in [5, 5.41) is 1.90. The summed E-state index contributed by atoms with van der Waals surface area (Å²) >= 11 is 5.72. The molecule has 0 bridgehead atoms. The van der Waals surface area contributed by atoms with E-state index in [1.807, 2.05) is 0 Å². The van der Waals surface area contributed by atoms with E-state index in [4.69, 9.17) is 11.6 Å².